The van der Waals surface area contributed by atoms with Gasteiger partial charge < -0.3 is 10.5 Å². The second kappa shape index (κ2) is 7.34. The van der Waals surface area contributed by atoms with Crippen LogP contribution in [0.3, 0.4) is 0 Å². The van der Waals surface area contributed by atoms with Crippen molar-refractivity contribution in [2.75, 3.05) is 26.8 Å². The molecule has 0 radical (unpaired) electrons. The minimum atomic E-state index is -3.54. The summed E-state index contributed by atoms with van der Waals surface area (Å²) in [4.78, 5) is 0.194. The maximum atomic E-state index is 12.2. The van der Waals surface area contributed by atoms with Gasteiger partial charge in [-0.05, 0) is 12.8 Å². The molecule has 0 amide bonds. The first kappa shape index (κ1) is 15.8. The Morgan fingerprint density at radius 2 is 2.11 bits per heavy atom. The number of hydrogen-bond donors (Lipinski definition) is 2. The predicted molar refractivity (Wildman–Crippen MR) is 74.5 cm³/mol. The molecule has 1 aliphatic carbocycles. The molecular formula is C10H21N3O3S2. The van der Waals surface area contributed by atoms with Gasteiger partial charge in [0.25, 0.3) is 10.2 Å². The lowest BCUT2D eigenvalue weighted by molar-refractivity contribution is 0.203. The van der Waals surface area contributed by atoms with E-state index in [4.69, 9.17) is 22.7 Å². The second-order valence-electron chi connectivity index (χ2n) is 4.34. The summed E-state index contributed by atoms with van der Waals surface area (Å²) in [6.07, 6.45) is 3.83. The van der Waals surface area contributed by atoms with Crippen molar-refractivity contribution in [2.24, 2.45) is 5.73 Å². The van der Waals surface area contributed by atoms with E-state index < -0.39 is 10.2 Å². The molecule has 6 nitrogen and oxygen atoms in total. The fraction of sp³-hybridized carbons (Fsp3) is 0.900. The van der Waals surface area contributed by atoms with Crippen molar-refractivity contribution < 1.29 is 13.2 Å². The smallest absolute Gasteiger partial charge is 0.280 e. The maximum Gasteiger partial charge on any atom is 0.280 e. The zero-order valence-corrected chi connectivity index (χ0v) is 12.2. The van der Waals surface area contributed by atoms with Crippen LogP contribution < -0.4 is 10.5 Å². The van der Waals surface area contributed by atoms with Gasteiger partial charge in [0.1, 0.15) is 0 Å². The van der Waals surface area contributed by atoms with Gasteiger partial charge in [-0.1, -0.05) is 25.1 Å². The van der Waals surface area contributed by atoms with Gasteiger partial charge >= 0.3 is 0 Å². The highest BCUT2D eigenvalue weighted by molar-refractivity contribution is 7.87. The molecule has 0 unspecified atom stereocenters. The monoisotopic (exact) mass is 295 g/mol. The van der Waals surface area contributed by atoms with E-state index in [-0.39, 0.29) is 24.1 Å². The largest absolute Gasteiger partial charge is 0.392 e. The lowest BCUT2D eigenvalue weighted by Gasteiger charge is -2.27. The van der Waals surface area contributed by atoms with Crippen molar-refractivity contribution >= 4 is 27.4 Å². The van der Waals surface area contributed by atoms with E-state index >= 15 is 0 Å². The van der Waals surface area contributed by atoms with Gasteiger partial charge in [0.15, 0.2) is 0 Å². The van der Waals surface area contributed by atoms with E-state index in [2.05, 4.69) is 4.72 Å². The fourth-order valence-electron chi connectivity index (χ4n) is 2.11. The van der Waals surface area contributed by atoms with Gasteiger partial charge in [0.05, 0.1) is 18.1 Å². The summed E-state index contributed by atoms with van der Waals surface area (Å²) in [5.41, 5.74) is 5.49. The molecule has 1 rings (SSSR count). The quantitative estimate of drug-likeness (QED) is 0.486. The number of nitrogens with two attached hydrogens (primary N) is 1. The molecule has 18 heavy (non-hydrogen) atoms. The first-order valence-electron chi connectivity index (χ1n) is 6.01. The average Bonchev–Trinajstić information content (AvgIpc) is 2.78. The Hall–Kier alpha value is -0.280. The van der Waals surface area contributed by atoms with Gasteiger partial charge in [0, 0.05) is 19.7 Å². The fourth-order valence-corrected chi connectivity index (χ4v) is 3.75. The maximum absolute atomic E-state index is 12.2. The Bertz CT molecular complexity index is 367. The van der Waals surface area contributed by atoms with Crippen molar-refractivity contribution in [3.8, 4) is 0 Å². The summed E-state index contributed by atoms with van der Waals surface area (Å²) >= 11 is 4.83. The molecule has 1 saturated carbocycles. The minimum Gasteiger partial charge on any atom is -0.392 e. The minimum absolute atomic E-state index is 0.00606. The van der Waals surface area contributed by atoms with Crippen molar-refractivity contribution in [1.82, 2.24) is 9.03 Å². The second-order valence-corrected chi connectivity index (χ2v) is 6.57. The average molecular weight is 295 g/mol. The zero-order chi connectivity index (χ0) is 13.6. The van der Waals surface area contributed by atoms with Gasteiger partial charge in [-0.3, -0.25) is 0 Å². The SMILES string of the molecule is COCCNS(=O)(=O)N(CC(N)=S)C1CCCC1. The summed E-state index contributed by atoms with van der Waals surface area (Å²) in [6.45, 7) is 0.687. The van der Waals surface area contributed by atoms with Crippen LogP contribution in [0.2, 0.25) is 0 Å². The number of methoxy groups -OCH3 is 1. The normalized spacial score (nSPS) is 17.4. The van der Waals surface area contributed by atoms with Crippen molar-refractivity contribution in [2.45, 2.75) is 31.7 Å². The molecule has 0 aromatic rings. The summed E-state index contributed by atoms with van der Waals surface area (Å²) in [6, 6.07) is 0.00606. The van der Waals surface area contributed by atoms with Crippen LogP contribution >= 0.6 is 12.2 Å². The van der Waals surface area contributed by atoms with E-state index in [1.807, 2.05) is 0 Å². The van der Waals surface area contributed by atoms with E-state index in [1.54, 1.807) is 0 Å². The topological polar surface area (TPSA) is 84.7 Å². The van der Waals surface area contributed by atoms with Gasteiger partial charge in [-0.25, -0.2) is 0 Å². The Morgan fingerprint density at radius 3 is 2.61 bits per heavy atom. The summed E-state index contributed by atoms with van der Waals surface area (Å²) in [5, 5.41) is 0. The van der Waals surface area contributed by atoms with E-state index in [0.717, 1.165) is 25.7 Å². The molecule has 0 atom stereocenters. The molecule has 0 aromatic carbocycles. The predicted octanol–water partition coefficient (Wildman–Crippen LogP) is -0.00210. The van der Waals surface area contributed by atoms with Crippen molar-refractivity contribution in [1.29, 1.82) is 0 Å². The molecule has 1 aliphatic rings. The van der Waals surface area contributed by atoms with Crippen LogP contribution in [0, 0.1) is 0 Å². The standard InChI is InChI=1S/C10H21N3O3S2/c1-16-7-6-12-18(14,15)13(8-10(11)17)9-4-2-3-5-9/h9,12H,2-8H2,1H3,(H2,11,17). The lowest BCUT2D eigenvalue weighted by atomic mass is 10.2. The molecule has 8 heteroatoms. The Labute approximate surface area is 114 Å². The van der Waals surface area contributed by atoms with Crippen LogP contribution in [0.1, 0.15) is 25.7 Å². The Kier molecular flexibility index (Phi) is 6.44. The molecule has 0 aliphatic heterocycles. The molecular weight excluding hydrogens is 274 g/mol. The van der Waals surface area contributed by atoms with Crippen molar-refractivity contribution in [3.63, 3.8) is 0 Å². The molecule has 1 fully saturated rings. The van der Waals surface area contributed by atoms with Crippen LogP contribution in [-0.4, -0.2) is 50.6 Å². The Morgan fingerprint density at radius 1 is 1.50 bits per heavy atom. The summed E-state index contributed by atoms with van der Waals surface area (Å²) in [5.74, 6) is 0. The number of ether oxygens (including phenoxy) is 1. The van der Waals surface area contributed by atoms with Crippen LogP contribution in [0.25, 0.3) is 0 Å². The first-order chi connectivity index (χ1) is 8.47. The molecule has 0 bridgehead atoms. The number of nitrogens with zero attached hydrogens (tertiary/aromatic N) is 1. The molecule has 0 saturated heterocycles. The Balaban J connectivity index is 2.70. The molecule has 3 N–H and O–H groups in total. The number of hydrogen-bond acceptors (Lipinski definition) is 4. The number of nitrogens with one attached hydrogen (secondary N) is 1. The number of rotatable bonds is 8. The molecule has 106 valence electrons. The molecule has 0 spiro atoms. The van der Waals surface area contributed by atoms with E-state index in [0.29, 0.717) is 6.61 Å². The van der Waals surface area contributed by atoms with Gasteiger partial charge in [-0.2, -0.15) is 17.4 Å². The van der Waals surface area contributed by atoms with Crippen LogP contribution in [0.15, 0.2) is 0 Å². The third-order valence-electron chi connectivity index (χ3n) is 2.94. The third kappa shape index (κ3) is 4.77. The van der Waals surface area contributed by atoms with Crippen LogP contribution in [0.4, 0.5) is 0 Å². The van der Waals surface area contributed by atoms with Crippen LogP contribution in [-0.2, 0) is 14.9 Å². The van der Waals surface area contributed by atoms with E-state index in [9.17, 15) is 8.42 Å². The van der Waals surface area contributed by atoms with Gasteiger partial charge in [-0.15, -0.1) is 0 Å². The number of thiocarbonyl (C=S) groups is 1. The van der Waals surface area contributed by atoms with Crippen LogP contribution in [0.5, 0.6) is 0 Å². The summed E-state index contributed by atoms with van der Waals surface area (Å²) < 4.78 is 33.1. The highest BCUT2D eigenvalue weighted by Gasteiger charge is 2.31. The van der Waals surface area contributed by atoms with Gasteiger partial charge in [0.2, 0.25) is 0 Å². The van der Waals surface area contributed by atoms with E-state index in [1.165, 1.54) is 11.4 Å². The highest BCUT2D eigenvalue weighted by Crippen LogP contribution is 2.24. The zero-order valence-electron chi connectivity index (χ0n) is 10.6. The third-order valence-corrected chi connectivity index (χ3v) is 4.69. The first-order valence-corrected chi connectivity index (χ1v) is 7.86. The summed E-state index contributed by atoms with van der Waals surface area (Å²) in [7, 11) is -2.01. The van der Waals surface area contributed by atoms with Crippen molar-refractivity contribution in [3.05, 3.63) is 0 Å². The molecule has 0 heterocycles. The lowest BCUT2D eigenvalue weighted by Crippen LogP contribution is -2.49. The highest BCUT2D eigenvalue weighted by atomic mass is 32.2. The molecule has 0 aromatic heterocycles.